The molecule has 0 unspecified atom stereocenters. The van der Waals surface area contributed by atoms with Gasteiger partial charge in [0.05, 0.1) is 32.6 Å². The lowest BCUT2D eigenvalue weighted by molar-refractivity contribution is -0.113. The first-order chi connectivity index (χ1) is 14.9. The van der Waals surface area contributed by atoms with Crippen molar-refractivity contribution in [3.05, 3.63) is 99.3 Å². The van der Waals surface area contributed by atoms with Crippen LogP contribution in [0.2, 0.25) is 10.0 Å². The van der Waals surface area contributed by atoms with Gasteiger partial charge in [0.15, 0.2) is 5.17 Å². The molecule has 0 atom stereocenters. The number of aliphatic imine (C=N–C) groups is 1. The molecule has 1 saturated heterocycles. The molecule has 4 rings (SSSR count). The number of furan rings is 1. The van der Waals surface area contributed by atoms with Crippen LogP contribution in [-0.2, 0) is 4.79 Å². The molecule has 9 heteroatoms. The number of anilines is 1. The number of halogens is 4. The summed E-state index contributed by atoms with van der Waals surface area (Å²) in [5.41, 5.74) is 0.696. The number of carbonyl (C=O) groups is 1. The summed E-state index contributed by atoms with van der Waals surface area (Å²) in [6.45, 7) is 0. The number of rotatable bonds is 4. The van der Waals surface area contributed by atoms with Crippen molar-refractivity contribution < 1.29 is 18.0 Å². The largest absolute Gasteiger partial charge is 0.465 e. The minimum absolute atomic E-state index is 0.0929. The van der Waals surface area contributed by atoms with E-state index < -0.39 is 11.6 Å². The minimum atomic E-state index is -0.606. The predicted molar refractivity (Wildman–Crippen MR) is 121 cm³/mol. The maximum Gasteiger partial charge on any atom is 0.271 e. The Hall–Kier alpha value is -2.87. The number of allylic oxidation sites excluding steroid dienone is 2. The van der Waals surface area contributed by atoms with E-state index in [9.17, 15) is 13.6 Å². The summed E-state index contributed by atoms with van der Waals surface area (Å²) in [6.07, 6.45) is 6.54. The Balaban J connectivity index is 1.73. The van der Waals surface area contributed by atoms with Gasteiger partial charge in [-0.1, -0.05) is 29.3 Å². The highest BCUT2D eigenvalue weighted by atomic mass is 35.5. The zero-order chi connectivity index (χ0) is 22.0. The fraction of sp³-hybridized carbons (Fsp3) is 0. The van der Waals surface area contributed by atoms with Gasteiger partial charge < -0.3 is 4.42 Å². The lowest BCUT2D eigenvalue weighted by atomic mass is 10.2. The highest BCUT2D eigenvalue weighted by molar-refractivity contribution is 8.19. The van der Waals surface area contributed by atoms with E-state index in [4.69, 9.17) is 27.6 Å². The van der Waals surface area contributed by atoms with Crippen LogP contribution in [0.1, 0.15) is 5.76 Å². The van der Waals surface area contributed by atoms with Gasteiger partial charge in [-0.3, -0.25) is 9.69 Å². The number of amidine groups is 1. The van der Waals surface area contributed by atoms with Crippen molar-refractivity contribution in [2.45, 2.75) is 0 Å². The van der Waals surface area contributed by atoms with Gasteiger partial charge in [-0.2, -0.15) is 0 Å². The lowest BCUT2D eigenvalue weighted by Crippen LogP contribution is -2.28. The normalized spacial score (nSPS) is 16.9. The molecule has 1 aliphatic heterocycles. The zero-order valence-electron chi connectivity index (χ0n) is 15.6. The van der Waals surface area contributed by atoms with E-state index in [0.29, 0.717) is 22.0 Å². The number of nitrogens with zero attached hydrogens (tertiary/aromatic N) is 2. The number of carbonyl (C=O) groups excluding carboxylic acids is 1. The Bertz CT molecular complexity index is 1240. The van der Waals surface area contributed by atoms with E-state index in [1.807, 2.05) is 0 Å². The fourth-order valence-electron chi connectivity index (χ4n) is 2.70. The molecule has 0 aliphatic carbocycles. The molecule has 1 amide bonds. The van der Waals surface area contributed by atoms with Crippen LogP contribution in [0.4, 0.5) is 20.2 Å². The molecule has 2 aromatic carbocycles. The molecule has 2 heterocycles. The lowest BCUT2D eigenvalue weighted by Gasteiger charge is -2.16. The van der Waals surface area contributed by atoms with Gasteiger partial charge in [0, 0.05) is 0 Å². The molecule has 0 N–H and O–H groups in total. The second-order valence-corrected chi connectivity index (χ2v) is 8.06. The van der Waals surface area contributed by atoms with Gasteiger partial charge >= 0.3 is 0 Å². The van der Waals surface area contributed by atoms with Crippen LogP contribution >= 0.6 is 35.0 Å². The molecule has 1 aromatic heterocycles. The van der Waals surface area contributed by atoms with E-state index in [1.54, 1.807) is 36.6 Å². The van der Waals surface area contributed by atoms with Gasteiger partial charge in [0.1, 0.15) is 17.4 Å². The number of hydrogen-bond acceptors (Lipinski definition) is 4. The average Bonchev–Trinajstić information content (AvgIpc) is 3.36. The highest BCUT2D eigenvalue weighted by Crippen LogP contribution is 2.37. The molecule has 1 aliphatic rings. The topological polar surface area (TPSA) is 45.8 Å². The van der Waals surface area contributed by atoms with Gasteiger partial charge in [0.2, 0.25) is 0 Å². The Morgan fingerprint density at radius 1 is 1.03 bits per heavy atom. The van der Waals surface area contributed by atoms with Crippen molar-refractivity contribution in [3.63, 3.8) is 0 Å². The van der Waals surface area contributed by atoms with Crippen LogP contribution in [0.25, 0.3) is 6.08 Å². The molecular formula is C22H12Cl2F2N2O2S. The molecule has 31 heavy (non-hydrogen) atoms. The van der Waals surface area contributed by atoms with Crippen molar-refractivity contribution in [2.75, 3.05) is 4.90 Å². The van der Waals surface area contributed by atoms with E-state index in [-0.39, 0.29) is 21.1 Å². The van der Waals surface area contributed by atoms with Crippen LogP contribution in [-0.4, -0.2) is 11.1 Å². The van der Waals surface area contributed by atoms with Crippen LogP contribution in [0.3, 0.4) is 0 Å². The fourth-order valence-corrected chi connectivity index (χ4v) is 4.00. The van der Waals surface area contributed by atoms with Gasteiger partial charge in [-0.25, -0.2) is 13.8 Å². The standard InChI is InChI=1S/C22H12Cl2F2N2O2S/c23-16-11-13(6-8-18(16)25)27-22-28(14-7-9-19(26)17(24)12-14)21(29)20(31-22)5-1-3-15-4-2-10-30-15/h1-12H/b3-1+,20-5+,27-22?. The first-order valence-corrected chi connectivity index (χ1v) is 10.4. The summed E-state index contributed by atoms with van der Waals surface area (Å²) in [6, 6.07) is 11.4. The van der Waals surface area contributed by atoms with Crippen LogP contribution in [0.5, 0.6) is 0 Å². The first kappa shape index (κ1) is 21.4. The molecule has 0 radical (unpaired) electrons. The van der Waals surface area contributed by atoms with Crippen molar-refractivity contribution in [3.8, 4) is 0 Å². The van der Waals surface area contributed by atoms with Gasteiger partial charge in [-0.15, -0.1) is 0 Å². The minimum Gasteiger partial charge on any atom is -0.465 e. The third kappa shape index (κ3) is 4.74. The van der Waals surface area contributed by atoms with Gasteiger partial charge in [0.25, 0.3) is 5.91 Å². The van der Waals surface area contributed by atoms with E-state index in [1.165, 1.54) is 41.3 Å². The summed E-state index contributed by atoms with van der Waals surface area (Å²) in [4.78, 5) is 19.2. The number of hydrogen-bond donors (Lipinski definition) is 0. The molecule has 156 valence electrons. The molecule has 0 saturated carbocycles. The third-order valence-corrected chi connectivity index (χ3v) is 5.71. The summed E-state index contributed by atoms with van der Waals surface area (Å²) >= 11 is 12.9. The van der Waals surface area contributed by atoms with Crippen LogP contribution < -0.4 is 4.90 Å². The third-order valence-electron chi connectivity index (χ3n) is 4.15. The molecule has 0 bridgehead atoms. The number of thioether (sulfide) groups is 1. The summed E-state index contributed by atoms with van der Waals surface area (Å²) in [5.74, 6) is -0.926. The first-order valence-electron chi connectivity index (χ1n) is 8.85. The maximum absolute atomic E-state index is 13.6. The molecule has 4 nitrogen and oxygen atoms in total. The quantitative estimate of drug-likeness (QED) is 0.373. The Labute approximate surface area is 190 Å². The number of benzene rings is 2. The SMILES string of the molecule is O=C1/C(=C\C=C\c2ccco2)SC(=Nc2ccc(F)c(Cl)c2)N1c1ccc(F)c(Cl)c1. The predicted octanol–water partition coefficient (Wildman–Crippen LogP) is 7.23. The van der Waals surface area contributed by atoms with Crippen molar-refractivity contribution in [1.82, 2.24) is 0 Å². The monoisotopic (exact) mass is 476 g/mol. The Kier molecular flexibility index (Phi) is 6.27. The summed E-state index contributed by atoms with van der Waals surface area (Å²) in [7, 11) is 0. The van der Waals surface area contributed by atoms with E-state index in [2.05, 4.69) is 4.99 Å². The summed E-state index contributed by atoms with van der Waals surface area (Å²) in [5, 5.41) is 0.0623. The molecular weight excluding hydrogens is 465 g/mol. The average molecular weight is 477 g/mol. The smallest absolute Gasteiger partial charge is 0.271 e. The second kappa shape index (κ2) is 9.09. The zero-order valence-corrected chi connectivity index (χ0v) is 17.9. The van der Waals surface area contributed by atoms with Crippen LogP contribution in [0, 0.1) is 11.6 Å². The van der Waals surface area contributed by atoms with E-state index in [0.717, 1.165) is 11.8 Å². The number of amides is 1. The highest BCUT2D eigenvalue weighted by Gasteiger charge is 2.34. The van der Waals surface area contributed by atoms with Crippen molar-refractivity contribution >= 4 is 63.5 Å². The molecule has 0 spiro atoms. The molecule has 1 fully saturated rings. The van der Waals surface area contributed by atoms with Crippen molar-refractivity contribution in [2.24, 2.45) is 4.99 Å². The van der Waals surface area contributed by atoms with Gasteiger partial charge in [-0.05, 0) is 72.4 Å². The molecule has 3 aromatic rings. The van der Waals surface area contributed by atoms with E-state index >= 15 is 0 Å². The Morgan fingerprint density at radius 3 is 2.45 bits per heavy atom. The van der Waals surface area contributed by atoms with Crippen molar-refractivity contribution in [1.29, 1.82) is 0 Å². The van der Waals surface area contributed by atoms with Crippen LogP contribution in [0.15, 0.2) is 81.3 Å². The Morgan fingerprint density at radius 2 is 1.77 bits per heavy atom. The summed E-state index contributed by atoms with van der Waals surface area (Å²) < 4.78 is 32.4. The maximum atomic E-state index is 13.6. The second-order valence-electron chi connectivity index (χ2n) is 6.24.